The summed E-state index contributed by atoms with van der Waals surface area (Å²) in [5, 5.41) is 0. The van der Waals surface area contributed by atoms with Crippen LogP contribution in [-0.2, 0) is 14.8 Å². The Morgan fingerprint density at radius 1 is 1.00 bits per heavy atom. The molecule has 1 aliphatic carbocycles. The molecule has 8 heteroatoms. The van der Waals surface area contributed by atoms with Gasteiger partial charge in [-0.25, -0.2) is 17.9 Å². The third-order valence-corrected chi connectivity index (χ3v) is 6.22. The second-order valence-corrected chi connectivity index (χ2v) is 8.35. The van der Waals surface area contributed by atoms with Gasteiger partial charge in [0.15, 0.2) is 0 Å². The van der Waals surface area contributed by atoms with Crippen LogP contribution in [0.25, 0.3) is 0 Å². The van der Waals surface area contributed by atoms with Gasteiger partial charge < -0.3 is 9.80 Å². The zero-order valence-corrected chi connectivity index (χ0v) is 15.1. The van der Waals surface area contributed by atoms with E-state index in [9.17, 15) is 18.0 Å². The van der Waals surface area contributed by atoms with Gasteiger partial charge in [0, 0.05) is 32.1 Å². The molecule has 2 aliphatic rings. The molecule has 0 spiro atoms. The first kappa shape index (κ1) is 17.7. The van der Waals surface area contributed by atoms with Crippen LogP contribution in [0.2, 0.25) is 0 Å². The van der Waals surface area contributed by atoms with Gasteiger partial charge in [-0.3, -0.25) is 4.79 Å². The fourth-order valence-corrected chi connectivity index (χ4v) is 3.97. The molecule has 1 aliphatic heterocycles. The van der Waals surface area contributed by atoms with Crippen LogP contribution in [-0.4, -0.2) is 56.3 Å². The molecule has 1 saturated carbocycles. The van der Waals surface area contributed by atoms with Crippen molar-refractivity contribution in [3.05, 3.63) is 29.8 Å². The zero-order chi connectivity index (χ0) is 18.0. The van der Waals surface area contributed by atoms with E-state index in [2.05, 4.69) is 4.72 Å². The summed E-state index contributed by atoms with van der Waals surface area (Å²) in [7, 11) is -3.89. The maximum Gasteiger partial charge on any atom is 0.331 e. The average molecular weight is 365 g/mol. The number of hydrogen-bond donors (Lipinski definition) is 1. The number of piperazine rings is 1. The number of carbonyl (C=O) groups excluding carboxylic acids is 2. The normalized spacial score (nSPS) is 18.6. The van der Waals surface area contributed by atoms with Crippen molar-refractivity contribution >= 4 is 22.0 Å². The number of nitrogens with one attached hydrogen (secondary N) is 1. The Kier molecular flexibility index (Phi) is 4.99. The SMILES string of the molecule is Cc1ccc(S(=O)(=O)NC(=O)N2CCN(C(=O)C3CCC3)CC2)cc1. The fourth-order valence-electron chi connectivity index (χ4n) is 3.00. The number of hydrogen-bond acceptors (Lipinski definition) is 4. The third kappa shape index (κ3) is 3.95. The minimum absolute atomic E-state index is 0.0604. The molecule has 136 valence electrons. The first-order valence-electron chi connectivity index (χ1n) is 8.54. The minimum Gasteiger partial charge on any atom is -0.339 e. The van der Waals surface area contributed by atoms with Crippen LogP contribution in [0.1, 0.15) is 24.8 Å². The summed E-state index contributed by atoms with van der Waals surface area (Å²) < 4.78 is 26.7. The first-order chi connectivity index (χ1) is 11.9. The summed E-state index contributed by atoms with van der Waals surface area (Å²) >= 11 is 0. The van der Waals surface area contributed by atoms with Crippen molar-refractivity contribution < 1.29 is 18.0 Å². The Balaban J connectivity index is 1.55. The summed E-state index contributed by atoms with van der Waals surface area (Å²) in [5.74, 6) is 0.306. The summed E-state index contributed by atoms with van der Waals surface area (Å²) in [5.41, 5.74) is 0.942. The van der Waals surface area contributed by atoms with Gasteiger partial charge in [-0.05, 0) is 31.9 Å². The highest BCUT2D eigenvalue weighted by Gasteiger charge is 2.32. The highest BCUT2D eigenvalue weighted by atomic mass is 32.2. The van der Waals surface area contributed by atoms with Crippen molar-refractivity contribution in [1.82, 2.24) is 14.5 Å². The van der Waals surface area contributed by atoms with Gasteiger partial charge >= 0.3 is 6.03 Å². The molecular formula is C17H23N3O4S. The summed E-state index contributed by atoms with van der Waals surface area (Å²) in [4.78, 5) is 27.8. The number of benzene rings is 1. The van der Waals surface area contributed by atoms with Crippen LogP contribution in [0.5, 0.6) is 0 Å². The molecule has 7 nitrogen and oxygen atoms in total. The van der Waals surface area contributed by atoms with Crippen LogP contribution in [0.3, 0.4) is 0 Å². The maximum atomic E-state index is 12.3. The van der Waals surface area contributed by atoms with Crippen LogP contribution in [0.4, 0.5) is 4.79 Å². The Bertz CT molecular complexity index is 749. The Labute approximate surface area is 148 Å². The van der Waals surface area contributed by atoms with Gasteiger partial charge in [0.25, 0.3) is 10.0 Å². The lowest BCUT2D eigenvalue weighted by Gasteiger charge is -2.38. The highest BCUT2D eigenvalue weighted by Crippen LogP contribution is 2.28. The monoisotopic (exact) mass is 365 g/mol. The van der Waals surface area contributed by atoms with Crippen molar-refractivity contribution in [2.45, 2.75) is 31.1 Å². The fraction of sp³-hybridized carbons (Fsp3) is 0.529. The lowest BCUT2D eigenvalue weighted by atomic mass is 9.84. The first-order valence-corrected chi connectivity index (χ1v) is 10.0. The van der Waals surface area contributed by atoms with Crippen molar-refractivity contribution in [3.8, 4) is 0 Å². The molecule has 2 fully saturated rings. The molecule has 1 aromatic carbocycles. The largest absolute Gasteiger partial charge is 0.339 e. The van der Waals surface area contributed by atoms with Crippen LogP contribution >= 0.6 is 0 Å². The van der Waals surface area contributed by atoms with Crippen molar-refractivity contribution in [1.29, 1.82) is 0 Å². The van der Waals surface area contributed by atoms with Gasteiger partial charge in [0.05, 0.1) is 4.90 Å². The number of nitrogens with zero attached hydrogens (tertiary/aromatic N) is 2. The number of rotatable bonds is 3. The van der Waals surface area contributed by atoms with E-state index in [1.807, 2.05) is 6.92 Å². The number of urea groups is 1. The molecule has 1 N–H and O–H groups in total. The number of aryl methyl sites for hydroxylation is 1. The quantitative estimate of drug-likeness (QED) is 0.876. The molecule has 0 aromatic heterocycles. The molecule has 0 radical (unpaired) electrons. The Hall–Kier alpha value is -2.09. The van der Waals surface area contributed by atoms with Gasteiger partial charge in [-0.1, -0.05) is 24.1 Å². The third-order valence-electron chi connectivity index (χ3n) is 4.89. The molecule has 0 bridgehead atoms. The number of sulfonamides is 1. The van der Waals surface area contributed by atoms with E-state index in [4.69, 9.17) is 0 Å². The van der Waals surface area contributed by atoms with Crippen LogP contribution < -0.4 is 4.72 Å². The summed E-state index contributed by atoms with van der Waals surface area (Å²) in [6.45, 7) is 3.45. The van der Waals surface area contributed by atoms with Crippen LogP contribution in [0.15, 0.2) is 29.2 Å². The molecule has 3 amide bonds. The average Bonchev–Trinajstić information content (AvgIpc) is 2.53. The minimum atomic E-state index is -3.89. The number of amides is 3. The summed E-state index contributed by atoms with van der Waals surface area (Å²) in [6, 6.07) is 5.67. The standard InChI is InChI=1S/C17H23N3O4S/c1-13-5-7-15(8-6-13)25(23,24)18-17(22)20-11-9-19(10-12-20)16(21)14-3-2-4-14/h5-8,14H,2-4,9-12H2,1H3,(H,18,22). The summed E-state index contributed by atoms with van der Waals surface area (Å²) in [6.07, 6.45) is 3.01. The lowest BCUT2D eigenvalue weighted by Crippen LogP contribution is -2.55. The topological polar surface area (TPSA) is 86.8 Å². The second-order valence-electron chi connectivity index (χ2n) is 6.66. The Morgan fingerprint density at radius 3 is 2.08 bits per heavy atom. The highest BCUT2D eigenvalue weighted by molar-refractivity contribution is 7.90. The number of carbonyl (C=O) groups is 2. The molecule has 1 aromatic rings. The smallest absolute Gasteiger partial charge is 0.331 e. The van der Waals surface area contributed by atoms with Crippen molar-refractivity contribution in [2.24, 2.45) is 5.92 Å². The molecule has 1 saturated heterocycles. The van der Waals surface area contributed by atoms with E-state index in [0.717, 1.165) is 24.8 Å². The molecule has 0 unspecified atom stereocenters. The van der Waals surface area contributed by atoms with Gasteiger partial charge in [-0.15, -0.1) is 0 Å². The molecule has 0 atom stereocenters. The van der Waals surface area contributed by atoms with Gasteiger partial charge in [0.2, 0.25) is 5.91 Å². The predicted molar refractivity (Wildman–Crippen MR) is 92.4 cm³/mol. The maximum absolute atomic E-state index is 12.3. The van der Waals surface area contributed by atoms with Gasteiger partial charge in [0.1, 0.15) is 0 Å². The van der Waals surface area contributed by atoms with E-state index in [1.165, 1.54) is 17.0 Å². The van der Waals surface area contributed by atoms with E-state index in [0.29, 0.717) is 26.2 Å². The predicted octanol–water partition coefficient (Wildman–Crippen LogP) is 1.34. The Morgan fingerprint density at radius 2 is 1.56 bits per heavy atom. The molecular weight excluding hydrogens is 342 g/mol. The van der Waals surface area contributed by atoms with Crippen LogP contribution in [0, 0.1) is 12.8 Å². The lowest BCUT2D eigenvalue weighted by molar-refractivity contribution is -0.139. The van der Waals surface area contributed by atoms with E-state index >= 15 is 0 Å². The second kappa shape index (κ2) is 7.03. The van der Waals surface area contributed by atoms with E-state index < -0.39 is 16.1 Å². The molecule has 3 rings (SSSR count). The zero-order valence-electron chi connectivity index (χ0n) is 14.3. The van der Waals surface area contributed by atoms with Crippen molar-refractivity contribution in [2.75, 3.05) is 26.2 Å². The van der Waals surface area contributed by atoms with Crippen molar-refractivity contribution in [3.63, 3.8) is 0 Å². The van der Waals surface area contributed by atoms with Gasteiger partial charge in [-0.2, -0.15) is 0 Å². The van der Waals surface area contributed by atoms with E-state index in [-0.39, 0.29) is 16.7 Å². The molecule has 1 heterocycles. The molecule has 25 heavy (non-hydrogen) atoms. The van der Waals surface area contributed by atoms with E-state index in [1.54, 1.807) is 17.0 Å².